The minimum atomic E-state index is -0.967. The summed E-state index contributed by atoms with van der Waals surface area (Å²) in [5.74, 6) is 0.623. The van der Waals surface area contributed by atoms with E-state index in [1.807, 2.05) is 31.2 Å². The van der Waals surface area contributed by atoms with Crippen LogP contribution in [-0.2, 0) is 22.2 Å². The van der Waals surface area contributed by atoms with Crippen LogP contribution in [0.25, 0.3) is 0 Å². The van der Waals surface area contributed by atoms with E-state index < -0.39 is 40.6 Å². The summed E-state index contributed by atoms with van der Waals surface area (Å²) in [7, 11) is -0.521. The molecule has 24 heavy (non-hydrogen) atoms. The van der Waals surface area contributed by atoms with Gasteiger partial charge in [0.05, 0.1) is 19.8 Å². The van der Waals surface area contributed by atoms with Gasteiger partial charge >= 0.3 is 0 Å². The Labute approximate surface area is 145 Å². The van der Waals surface area contributed by atoms with Gasteiger partial charge in [-0.1, -0.05) is 24.3 Å². The van der Waals surface area contributed by atoms with Gasteiger partial charge in [0, 0.05) is 10.9 Å². The van der Waals surface area contributed by atoms with Crippen molar-refractivity contribution < 1.29 is 30.3 Å². The summed E-state index contributed by atoms with van der Waals surface area (Å²) in [5.41, 5.74) is 2.07. The van der Waals surface area contributed by atoms with Crippen LogP contribution in [0.5, 0.6) is 0 Å². The molecule has 0 spiro atoms. The first-order valence-corrected chi connectivity index (χ1v) is 9.68. The van der Waals surface area contributed by atoms with Crippen LogP contribution in [0.4, 0.5) is 0 Å². The standard InChI is InChI=1S/C17H27O6S/c1-11-4-2-3-5-12(11)8-23-15(6-18)13(20)9-24-10-14(21)17(22)16(24)7-19/h2-5,13-22H,6-10H2,1H3/q+1/t13?,14-,15+,16-,17+,24?/m1/s1. The topological polar surface area (TPSA) is 110 Å². The van der Waals surface area contributed by atoms with Crippen LogP contribution in [0.1, 0.15) is 11.1 Å². The minimum Gasteiger partial charge on any atom is -0.394 e. The number of aliphatic hydroxyl groups excluding tert-OH is 5. The summed E-state index contributed by atoms with van der Waals surface area (Å²) in [4.78, 5) is 0. The van der Waals surface area contributed by atoms with Gasteiger partial charge in [-0.15, -0.1) is 0 Å². The maximum absolute atomic E-state index is 10.4. The van der Waals surface area contributed by atoms with E-state index in [1.165, 1.54) is 0 Å². The maximum Gasteiger partial charge on any atom is 0.169 e. The first-order chi connectivity index (χ1) is 11.5. The highest BCUT2D eigenvalue weighted by molar-refractivity contribution is 7.97. The van der Waals surface area contributed by atoms with Gasteiger partial charge in [0.2, 0.25) is 0 Å². The molecule has 0 radical (unpaired) electrons. The summed E-state index contributed by atoms with van der Waals surface area (Å²) in [6.45, 7) is 1.70. The molecule has 0 amide bonds. The van der Waals surface area contributed by atoms with Crippen LogP contribution in [0.15, 0.2) is 24.3 Å². The summed E-state index contributed by atoms with van der Waals surface area (Å²) in [6.07, 6.45) is -3.51. The van der Waals surface area contributed by atoms with Crippen LogP contribution in [0.2, 0.25) is 0 Å². The second-order valence-corrected chi connectivity index (χ2v) is 8.52. The number of aryl methyl sites for hydroxylation is 1. The Hall–Kier alpha value is -0.670. The molecule has 5 N–H and O–H groups in total. The van der Waals surface area contributed by atoms with E-state index in [0.717, 1.165) is 11.1 Å². The third-order valence-corrected chi connectivity index (χ3v) is 7.30. The van der Waals surface area contributed by atoms with E-state index in [4.69, 9.17) is 4.74 Å². The van der Waals surface area contributed by atoms with Gasteiger partial charge in [-0.05, 0) is 18.1 Å². The SMILES string of the molecule is Cc1ccccc1CO[C@@H](CO)C(O)C[S+]1C[C@@H](O)[C@H](O)[C@H]1CO. The van der Waals surface area contributed by atoms with Crippen LogP contribution in [-0.4, -0.2) is 79.9 Å². The normalized spacial score (nSPS) is 29.6. The molecule has 6 atom stereocenters. The van der Waals surface area contributed by atoms with Gasteiger partial charge in [0.25, 0.3) is 0 Å². The minimum absolute atomic E-state index is 0.234. The number of ether oxygens (including phenoxy) is 1. The molecule has 0 aromatic heterocycles. The second-order valence-electron chi connectivity index (χ2n) is 6.18. The predicted molar refractivity (Wildman–Crippen MR) is 92.8 cm³/mol. The van der Waals surface area contributed by atoms with Gasteiger partial charge < -0.3 is 30.3 Å². The molecule has 2 rings (SSSR count). The highest BCUT2D eigenvalue weighted by Crippen LogP contribution is 2.25. The Bertz CT molecular complexity index is 514. The van der Waals surface area contributed by atoms with Crippen molar-refractivity contribution in [3.05, 3.63) is 35.4 Å². The monoisotopic (exact) mass is 359 g/mol. The van der Waals surface area contributed by atoms with Crippen LogP contribution < -0.4 is 0 Å². The molecule has 1 aliphatic rings. The van der Waals surface area contributed by atoms with E-state index in [-0.39, 0.29) is 25.6 Å². The van der Waals surface area contributed by atoms with Gasteiger partial charge in [0.1, 0.15) is 35.9 Å². The fourth-order valence-electron chi connectivity index (χ4n) is 2.87. The molecule has 1 saturated heterocycles. The summed E-state index contributed by atoms with van der Waals surface area (Å²) < 4.78 is 5.67. The van der Waals surface area contributed by atoms with E-state index >= 15 is 0 Å². The largest absolute Gasteiger partial charge is 0.394 e. The molecule has 1 fully saturated rings. The summed E-state index contributed by atoms with van der Waals surface area (Å²) >= 11 is 0. The zero-order chi connectivity index (χ0) is 17.7. The third-order valence-electron chi connectivity index (χ3n) is 4.48. The maximum atomic E-state index is 10.4. The van der Waals surface area contributed by atoms with Crippen molar-refractivity contribution in [3.8, 4) is 0 Å². The van der Waals surface area contributed by atoms with Crippen molar-refractivity contribution in [1.29, 1.82) is 0 Å². The van der Waals surface area contributed by atoms with Crippen LogP contribution in [0, 0.1) is 6.92 Å². The number of aliphatic hydroxyl groups is 5. The zero-order valence-electron chi connectivity index (χ0n) is 13.8. The average molecular weight is 359 g/mol. The number of rotatable bonds is 8. The highest BCUT2D eigenvalue weighted by Gasteiger charge is 2.50. The molecule has 0 aliphatic carbocycles. The Morgan fingerprint density at radius 3 is 2.58 bits per heavy atom. The van der Waals surface area contributed by atoms with Crippen LogP contribution in [0.3, 0.4) is 0 Å². The highest BCUT2D eigenvalue weighted by atomic mass is 32.2. The van der Waals surface area contributed by atoms with Crippen molar-refractivity contribution in [1.82, 2.24) is 0 Å². The molecule has 1 heterocycles. The predicted octanol–water partition coefficient (Wildman–Crippen LogP) is -1.05. The molecular weight excluding hydrogens is 332 g/mol. The molecule has 7 heteroatoms. The molecule has 6 nitrogen and oxygen atoms in total. The van der Waals surface area contributed by atoms with E-state index in [1.54, 1.807) is 0 Å². The molecule has 0 bridgehead atoms. The Morgan fingerprint density at radius 1 is 1.25 bits per heavy atom. The zero-order valence-corrected chi connectivity index (χ0v) is 14.6. The smallest absolute Gasteiger partial charge is 0.169 e. The third kappa shape index (κ3) is 4.70. The van der Waals surface area contributed by atoms with Crippen molar-refractivity contribution >= 4 is 10.9 Å². The fraction of sp³-hybridized carbons (Fsp3) is 0.647. The molecule has 2 unspecified atom stereocenters. The van der Waals surface area contributed by atoms with Gasteiger partial charge in [0.15, 0.2) is 5.25 Å². The number of benzene rings is 1. The number of hydrogen-bond acceptors (Lipinski definition) is 6. The lowest BCUT2D eigenvalue weighted by molar-refractivity contribution is -0.0624. The summed E-state index contributed by atoms with van der Waals surface area (Å²) in [6, 6.07) is 7.75. The molecular formula is C17H27O6S+. The Morgan fingerprint density at radius 2 is 1.96 bits per heavy atom. The fourth-order valence-corrected chi connectivity index (χ4v) is 5.58. The lowest BCUT2D eigenvalue weighted by Gasteiger charge is -2.22. The van der Waals surface area contributed by atoms with Crippen molar-refractivity contribution in [2.24, 2.45) is 0 Å². The molecule has 1 aromatic carbocycles. The van der Waals surface area contributed by atoms with E-state index in [9.17, 15) is 25.5 Å². The molecule has 0 saturated carbocycles. The van der Waals surface area contributed by atoms with E-state index in [0.29, 0.717) is 5.75 Å². The lowest BCUT2D eigenvalue weighted by atomic mass is 10.1. The van der Waals surface area contributed by atoms with Gasteiger partial charge in [-0.2, -0.15) is 0 Å². The number of hydrogen-bond donors (Lipinski definition) is 5. The molecule has 136 valence electrons. The average Bonchev–Trinajstić information content (AvgIpc) is 2.83. The van der Waals surface area contributed by atoms with Crippen molar-refractivity contribution in [3.63, 3.8) is 0 Å². The first-order valence-electron chi connectivity index (χ1n) is 8.06. The van der Waals surface area contributed by atoms with E-state index in [2.05, 4.69) is 0 Å². The lowest BCUT2D eigenvalue weighted by Crippen LogP contribution is -2.42. The van der Waals surface area contributed by atoms with Crippen molar-refractivity contribution in [2.45, 2.75) is 43.2 Å². The van der Waals surface area contributed by atoms with Crippen molar-refractivity contribution in [2.75, 3.05) is 24.7 Å². The molecule has 1 aromatic rings. The molecule has 1 aliphatic heterocycles. The quantitative estimate of drug-likeness (QED) is 0.379. The van der Waals surface area contributed by atoms with Gasteiger partial charge in [-0.25, -0.2) is 0 Å². The Balaban J connectivity index is 1.91. The summed E-state index contributed by atoms with van der Waals surface area (Å²) in [5, 5.41) is 48.4. The Kier molecular flexibility index (Phi) is 7.49. The van der Waals surface area contributed by atoms with Crippen LogP contribution >= 0.6 is 0 Å². The second kappa shape index (κ2) is 9.15. The van der Waals surface area contributed by atoms with Gasteiger partial charge in [-0.3, -0.25) is 0 Å². The first kappa shape index (κ1) is 19.7.